The largest absolute Gasteiger partial charge is 0.352 e. The van der Waals surface area contributed by atoms with E-state index in [4.69, 9.17) is 23.2 Å². The third-order valence-corrected chi connectivity index (χ3v) is 10.2. The van der Waals surface area contributed by atoms with Gasteiger partial charge in [-0.2, -0.15) is 0 Å². The summed E-state index contributed by atoms with van der Waals surface area (Å²) in [6, 6.07) is 20.0. The maximum absolute atomic E-state index is 14.2. The van der Waals surface area contributed by atoms with Crippen LogP contribution in [0.4, 0.5) is 5.69 Å². The summed E-state index contributed by atoms with van der Waals surface area (Å²) in [7, 11) is -4.23. The van der Waals surface area contributed by atoms with E-state index in [1.165, 1.54) is 23.1 Å². The fraction of sp³-hybridized carbons (Fsp3) is 0.375. The van der Waals surface area contributed by atoms with Crippen molar-refractivity contribution in [3.8, 4) is 0 Å². The summed E-state index contributed by atoms with van der Waals surface area (Å²) in [5, 5.41) is 3.30. The molecule has 0 spiro atoms. The molecule has 0 aliphatic heterocycles. The number of carbonyl (C=O) groups excluding carboxylic acids is 2. The van der Waals surface area contributed by atoms with Crippen molar-refractivity contribution in [2.75, 3.05) is 17.4 Å². The number of hydrogen-bond acceptors (Lipinski definition) is 4. The Morgan fingerprint density at radius 1 is 0.952 bits per heavy atom. The standard InChI is InChI=1S/C32H37Cl2N3O4S/c1-3-28(32(39)35-25-12-7-8-13-25)36(21-20-24-10-5-4-6-11-24)30(38)22-37(29-15-9-14-27(33)31(29)34)42(40,41)26-18-16-23(2)17-19-26/h4-6,9-11,14-19,25,28H,3,7-8,12-13,20-22H2,1-2H3,(H,35,39)/t28-/m1/s1. The van der Waals surface area contributed by atoms with Gasteiger partial charge in [0.25, 0.3) is 10.0 Å². The van der Waals surface area contributed by atoms with Crippen LogP contribution in [0.5, 0.6) is 0 Å². The van der Waals surface area contributed by atoms with Gasteiger partial charge in [0.05, 0.1) is 20.6 Å². The van der Waals surface area contributed by atoms with Crippen LogP contribution < -0.4 is 9.62 Å². The molecule has 1 fully saturated rings. The summed E-state index contributed by atoms with van der Waals surface area (Å²) in [4.78, 5) is 29.2. The summed E-state index contributed by atoms with van der Waals surface area (Å²) in [5.74, 6) is -0.731. The Bertz CT molecular complexity index is 1480. The van der Waals surface area contributed by atoms with Crippen molar-refractivity contribution in [3.63, 3.8) is 0 Å². The third-order valence-electron chi connectivity index (χ3n) is 7.66. The lowest BCUT2D eigenvalue weighted by molar-refractivity contribution is -0.139. The predicted molar refractivity (Wildman–Crippen MR) is 169 cm³/mol. The summed E-state index contributed by atoms with van der Waals surface area (Å²) in [6.45, 7) is 3.40. The molecule has 10 heteroatoms. The smallest absolute Gasteiger partial charge is 0.264 e. The van der Waals surface area contributed by atoms with Gasteiger partial charge in [-0.05, 0) is 62.4 Å². The Hall–Kier alpha value is -3.07. The maximum Gasteiger partial charge on any atom is 0.264 e. The number of benzene rings is 3. The molecule has 1 atom stereocenters. The first kappa shape index (κ1) is 31.9. The number of nitrogens with one attached hydrogen (secondary N) is 1. The van der Waals surface area contributed by atoms with Gasteiger partial charge in [-0.1, -0.05) is 97.1 Å². The van der Waals surface area contributed by atoms with Crippen LogP contribution in [0.1, 0.15) is 50.2 Å². The van der Waals surface area contributed by atoms with Crippen LogP contribution in [0, 0.1) is 6.92 Å². The minimum Gasteiger partial charge on any atom is -0.352 e. The fourth-order valence-corrected chi connectivity index (χ4v) is 7.17. The van der Waals surface area contributed by atoms with Gasteiger partial charge in [-0.25, -0.2) is 8.42 Å². The van der Waals surface area contributed by atoms with Gasteiger partial charge in [0.15, 0.2) is 0 Å². The van der Waals surface area contributed by atoms with E-state index in [0.29, 0.717) is 12.8 Å². The average molecular weight is 631 g/mol. The molecule has 3 aromatic rings. The molecule has 1 saturated carbocycles. The van der Waals surface area contributed by atoms with E-state index in [9.17, 15) is 18.0 Å². The summed E-state index contributed by atoms with van der Waals surface area (Å²) in [5.41, 5.74) is 1.98. The molecule has 0 bridgehead atoms. The minimum absolute atomic E-state index is 0.0128. The van der Waals surface area contributed by atoms with Crippen molar-refractivity contribution < 1.29 is 18.0 Å². The number of anilines is 1. The molecule has 0 radical (unpaired) electrons. The zero-order chi connectivity index (χ0) is 30.3. The Labute approximate surface area is 258 Å². The van der Waals surface area contributed by atoms with Crippen LogP contribution >= 0.6 is 23.2 Å². The number of sulfonamides is 1. The first-order chi connectivity index (χ1) is 20.1. The number of rotatable bonds is 12. The lowest BCUT2D eigenvalue weighted by Crippen LogP contribution is -2.54. The van der Waals surface area contributed by atoms with Crippen LogP contribution in [0.2, 0.25) is 10.0 Å². The van der Waals surface area contributed by atoms with Gasteiger partial charge >= 0.3 is 0 Å². The molecule has 0 heterocycles. The molecule has 1 aliphatic rings. The van der Waals surface area contributed by atoms with Crippen LogP contribution in [0.25, 0.3) is 0 Å². The van der Waals surface area contributed by atoms with Crippen LogP contribution in [-0.2, 0) is 26.0 Å². The fourth-order valence-electron chi connectivity index (χ4n) is 5.30. The van der Waals surface area contributed by atoms with Crippen molar-refractivity contribution in [1.82, 2.24) is 10.2 Å². The van der Waals surface area contributed by atoms with Crippen LogP contribution in [0.3, 0.4) is 0 Å². The molecule has 224 valence electrons. The van der Waals surface area contributed by atoms with Crippen molar-refractivity contribution in [2.45, 2.75) is 69.4 Å². The highest BCUT2D eigenvalue weighted by Gasteiger charge is 2.35. The van der Waals surface area contributed by atoms with Gasteiger partial charge in [-0.3, -0.25) is 13.9 Å². The average Bonchev–Trinajstić information content (AvgIpc) is 3.49. The Balaban J connectivity index is 1.70. The number of aryl methyl sites for hydroxylation is 1. The zero-order valence-corrected chi connectivity index (χ0v) is 26.3. The molecule has 4 rings (SSSR count). The molecule has 0 saturated heterocycles. The van der Waals surface area contributed by atoms with E-state index >= 15 is 0 Å². The van der Waals surface area contributed by atoms with E-state index in [1.54, 1.807) is 24.3 Å². The highest BCUT2D eigenvalue weighted by molar-refractivity contribution is 7.92. The maximum atomic E-state index is 14.2. The second-order valence-corrected chi connectivity index (χ2v) is 13.3. The second kappa shape index (κ2) is 14.4. The lowest BCUT2D eigenvalue weighted by Gasteiger charge is -2.34. The number of hydrogen-bond donors (Lipinski definition) is 1. The van der Waals surface area contributed by atoms with Gasteiger partial charge in [0.1, 0.15) is 12.6 Å². The number of halogens is 2. The van der Waals surface area contributed by atoms with E-state index in [1.807, 2.05) is 44.2 Å². The SMILES string of the molecule is CC[C@H](C(=O)NC1CCCC1)N(CCc1ccccc1)C(=O)CN(c1cccc(Cl)c1Cl)S(=O)(=O)c1ccc(C)cc1. The summed E-state index contributed by atoms with van der Waals surface area (Å²) >= 11 is 12.8. The molecule has 0 unspecified atom stereocenters. The molecular formula is C32H37Cl2N3O4S. The Morgan fingerprint density at radius 3 is 2.26 bits per heavy atom. The predicted octanol–water partition coefficient (Wildman–Crippen LogP) is 6.41. The number of nitrogens with zero attached hydrogens (tertiary/aromatic N) is 2. The van der Waals surface area contributed by atoms with Crippen molar-refractivity contribution >= 4 is 50.7 Å². The topological polar surface area (TPSA) is 86.8 Å². The molecule has 1 N–H and O–H groups in total. The molecule has 3 aromatic carbocycles. The zero-order valence-electron chi connectivity index (χ0n) is 23.9. The number of carbonyl (C=O) groups is 2. The molecular weight excluding hydrogens is 593 g/mol. The molecule has 42 heavy (non-hydrogen) atoms. The van der Waals surface area contributed by atoms with E-state index < -0.39 is 28.5 Å². The molecule has 1 aliphatic carbocycles. The van der Waals surface area contributed by atoms with Crippen LogP contribution in [0.15, 0.2) is 77.7 Å². The molecule has 7 nitrogen and oxygen atoms in total. The highest BCUT2D eigenvalue weighted by atomic mass is 35.5. The van der Waals surface area contributed by atoms with E-state index in [-0.39, 0.29) is 39.1 Å². The first-order valence-corrected chi connectivity index (χ1v) is 16.5. The molecule has 0 aromatic heterocycles. The Kier molecular flexibility index (Phi) is 10.9. The Morgan fingerprint density at radius 2 is 1.62 bits per heavy atom. The number of amides is 2. The second-order valence-electron chi connectivity index (χ2n) is 10.6. The third kappa shape index (κ3) is 7.65. The minimum atomic E-state index is -4.23. The van der Waals surface area contributed by atoms with E-state index in [0.717, 1.165) is 41.1 Å². The van der Waals surface area contributed by atoms with Gasteiger partial charge in [-0.15, -0.1) is 0 Å². The summed E-state index contributed by atoms with van der Waals surface area (Å²) < 4.78 is 29.0. The van der Waals surface area contributed by atoms with Crippen LogP contribution in [-0.4, -0.2) is 50.3 Å². The van der Waals surface area contributed by atoms with Crippen molar-refractivity contribution in [1.29, 1.82) is 0 Å². The first-order valence-electron chi connectivity index (χ1n) is 14.3. The van der Waals surface area contributed by atoms with Crippen molar-refractivity contribution in [3.05, 3.63) is 94.0 Å². The normalized spacial score (nSPS) is 14.4. The van der Waals surface area contributed by atoms with Gasteiger partial charge in [0.2, 0.25) is 11.8 Å². The summed E-state index contributed by atoms with van der Waals surface area (Å²) in [6.07, 6.45) is 4.82. The highest BCUT2D eigenvalue weighted by Crippen LogP contribution is 2.35. The van der Waals surface area contributed by atoms with Crippen molar-refractivity contribution in [2.24, 2.45) is 0 Å². The van der Waals surface area contributed by atoms with Gasteiger partial charge in [0, 0.05) is 12.6 Å². The quantitative estimate of drug-likeness (QED) is 0.251. The monoisotopic (exact) mass is 629 g/mol. The van der Waals surface area contributed by atoms with Gasteiger partial charge < -0.3 is 10.2 Å². The molecule has 2 amide bonds. The lowest BCUT2D eigenvalue weighted by atomic mass is 10.1. The van der Waals surface area contributed by atoms with E-state index in [2.05, 4.69) is 5.32 Å².